The van der Waals surface area contributed by atoms with Gasteiger partial charge < -0.3 is 24.7 Å². The van der Waals surface area contributed by atoms with Crippen LogP contribution in [0.2, 0.25) is 0 Å². The van der Waals surface area contributed by atoms with Gasteiger partial charge in [0.15, 0.2) is 5.69 Å². The Morgan fingerprint density at radius 2 is 2.03 bits per heavy atom. The standard InChI is InChI=1S/C25H27F3N4O4/c1-15(12-25(26,27)28)30-17-11-19-20(31-23(33)16-7-4-3-5-8-16)21(24(34)35-2)32(22(19)29-13-17)14-18-9-6-10-36-18/h3-5,7-8,11,13,15,18,30H,6,9-10,12,14H2,1-2H3,(H,31,33)/t15-,18+/m1/s1. The molecule has 11 heteroatoms. The summed E-state index contributed by atoms with van der Waals surface area (Å²) in [5.74, 6) is -1.14. The first-order valence-corrected chi connectivity index (χ1v) is 11.6. The number of nitrogens with one attached hydrogen (secondary N) is 2. The molecular formula is C25H27F3N4O4. The van der Waals surface area contributed by atoms with Crippen molar-refractivity contribution in [1.82, 2.24) is 9.55 Å². The van der Waals surface area contributed by atoms with Gasteiger partial charge in [-0.3, -0.25) is 4.79 Å². The fourth-order valence-corrected chi connectivity index (χ4v) is 4.37. The molecule has 8 nitrogen and oxygen atoms in total. The normalized spacial score (nSPS) is 16.6. The number of rotatable bonds is 8. The number of anilines is 2. The molecule has 0 unspecified atom stereocenters. The first-order valence-electron chi connectivity index (χ1n) is 11.6. The quantitative estimate of drug-likeness (QED) is 0.419. The Hall–Kier alpha value is -3.60. The lowest BCUT2D eigenvalue weighted by Crippen LogP contribution is -2.23. The van der Waals surface area contributed by atoms with Crippen LogP contribution in [0, 0.1) is 0 Å². The number of hydrogen-bond donors (Lipinski definition) is 2. The molecule has 1 amide bonds. The Balaban J connectivity index is 1.80. The summed E-state index contributed by atoms with van der Waals surface area (Å²) < 4.78 is 50.9. The molecule has 1 aromatic carbocycles. The lowest BCUT2D eigenvalue weighted by Gasteiger charge is -2.17. The lowest BCUT2D eigenvalue weighted by molar-refractivity contribution is -0.136. The molecule has 3 aromatic rings. The highest BCUT2D eigenvalue weighted by molar-refractivity contribution is 6.14. The van der Waals surface area contributed by atoms with E-state index in [-0.39, 0.29) is 17.5 Å². The van der Waals surface area contributed by atoms with Crippen LogP contribution in [0.15, 0.2) is 42.6 Å². The van der Waals surface area contributed by atoms with Gasteiger partial charge in [-0.1, -0.05) is 18.2 Å². The van der Waals surface area contributed by atoms with Crippen LogP contribution in [0.25, 0.3) is 11.0 Å². The van der Waals surface area contributed by atoms with Gasteiger partial charge in [-0.2, -0.15) is 13.2 Å². The zero-order valence-electron chi connectivity index (χ0n) is 19.9. The van der Waals surface area contributed by atoms with Crippen LogP contribution in [0.1, 0.15) is 47.0 Å². The number of carbonyl (C=O) groups excluding carboxylic acids is 2. The van der Waals surface area contributed by atoms with E-state index in [9.17, 15) is 22.8 Å². The third-order valence-corrected chi connectivity index (χ3v) is 5.91. The zero-order valence-corrected chi connectivity index (χ0v) is 19.9. The van der Waals surface area contributed by atoms with Gasteiger partial charge in [0.25, 0.3) is 5.91 Å². The van der Waals surface area contributed by atoms with Crippen LogP contribution in [-0.4, -0.2) is 53.5 Å². The van der Waals surface area contributed by atoms with Crippen molar-refractivity contribution in [2.75, 3.05) is 24.4 Å². The largest absolute Gasteiger partial charge is 0.464 e. The van der Waals surface area contributed by atoms with E-state index in [4.69, 9.17) is 9.47 Å². The number of hydrogen-bond acceptors (Lipinski definition) is 6. The van der Waals surface area contributed by atoms with Crippen molar-refractivity contribution >= 4 is 34.3 Å². The molecular weight excluding hydrogens is 477 g/mol. The van der Waals surface area contributed by atoms with Crippen molar-refractivity contribution in [1.29, 1.82) is 0 Å². The van der Waals surface area contributed by atoms with Gasteiger partial charge in [-0.05, 0) is 38.0 Å². The molecule has 1 saturated heterocycles. The minimum Gasteiger partial charge on any atom is -0.464 e. The minimum absolute atomic E-state index is 0.0836. The third-order valence-electron chi connectivity index (χ3n) is 5.91. The molecule has 2 aromatic heterocycles. The number of ether oxygens (including phenoxy) is 2. The lowest BCUT2D eigenvalue weighted by atomic mass is 10.2. The second kappa shape index (κ2) is 10.6. The van der Waals surface area contributed by atoms with Crippen molar-refractivity contribution in [3.05, 3.63) is 53.9 Å². The minimum atomic E-state index is -4.33. The molecule has 1 fully saturated rings. The SMILES string of the molecule is COC(=O)c1c(NC(=O)c2ccccc2)c2cc(N[C@H](C)CC(F)(F)F)cnc2n1C[C@@H]1CCCO1. The van der Waals surface area contributed by atoms with Gasteiger partial charge in [-0.15, -0.1) is 0 Å². The van der Waals surface area contributed by atoms with Crippen molar-refractivity contribution in [3.8, 4) is 0 Å². The van der Waals surface area contributed by atoms with Crippen LogP contribution in [-0.2, 0) is 16.0 Å². The van der Waals surface area contributed by atoms with Crippen LogP contribution >= 0.6 is 0 Å². The van der Waals surface area contributed by atoms with Crippen molar-refractivity contribution < 1.29 is 32.2 Å². The van der Waals surface area contributed by atoms with E-state index in [1.54, 1.807) is 41.0 Å². The maximum absolute atomic E-state index is 13.0. The summed E-state index contributed by atoms with van der Waals surface area (Å²) in [4.78, 5) is 30.4. The second-order valence-corrected chi connectivity index (χ2v) is 8.74. The van der Waals surface area contributed by atoms with Crippen molar-refractivity contribution in [2.24, 2.45) is 0 Å². The summed E-state index contributed by atoms with van der Waals surface area (Å²) in [7, 11) is 1.23. The summed E-state index contributed by atoms with van der Waals surface area (Å²) >= 11 is 0. The van der Waals surface area contributed by atoms with Crippen LogP contribution < -0.4 is 10.6 Å². The van der Waals surface area contributed by atoms with Crippen LogP contribution in [0.3, 0.4) is 0 Å². The highest BCUT2D eigenvalue weighted by Crippen LogP contribution is 2.34. The number of alkyl halides is 3. The Bertz CT molecular complexity index is 1240. The molecule has 0 aliphatic carbocycles. The number of carbonyl (C=O) groups is 2. The average Bonchev–Trinajstić information content (AvgIpc) is 3.44. The fourth-order valence-electron chi connectivity index (χ4n) is 4.37. The fraction of sp³-hybridized carbons (Fsp3) is 0.400. The Morgan fingerprint density at radius 1 is 1.28 bits per heavy atom. The third kappa shape index (κ3) is 5.78. The van der Waals surface area contributed by atoms with E-state index < -0.39 is 30.5 Å². The van der Waals surface area contributed by atoms with Gasteiger partial charge in [0.1, 0.15) is 5.65 Å². The van der Waals surface area contributed by atoms with E-state index in [0.29, 0.717) is 35.4 Å². The summed E-state index contributed by atoms with van der Waals surface area (Å²) in [5.41, 5.74) is 1.32. The Morgan fingerprint density at radius 3 is 2.67 bits per heavy atom. The molecule has 1 aliphatic heterocycles. The summed E-state index contributed by atoms with van der Waals surface area (Å²) in [6.45, 7) is 2.32. The maximum atomic E-state index is 13.0. The molecule has 2 atom stereocenters. The number of esters is 1. The molecule has 0 spiro atoms. The van der Waals surface area contributed by atoms with Gasteiger partial charge in [-0.25, -0.2) is 9.78 Å². The number of amides is 1. The Kier molecular flexibility index (Phi) is 7.48. The number of aromatic nitrogens is 2. The summed E-state index contributed by atoms with van der Waals surface area (Å²) in [5, 5.41) is 5.99. The topological polar surface area (TPSA) is 94.5 Å². The number of pyridine rings is 1. The molecule has 3 heterocycles. The monoisotopic (exact) mass is 504 g/mol. The maximum Gasteiger partial charge on any atom is 0.391 e. The first kappa shape index (κ1) is 25.5. The van der Waals surface area contributed by atoms with E-state index in [0.717, 1.165) is 12.8 Å². The second-order valence-electron chi connectivity index (χ2n) is 8.74. The summed E-state index contributed by atoms with van der Waals surface area (Å²) in [6, 6.07) is 9.11. The number of halogens is 3. The predicted molar refractivity (Wildman–Crippen MR) is 128 cm³/mol. The van der Waals surface area contributed by atoms with Gasteiger partial charge >= 0.3 is 12.1 Å². The highest BCUT2D eigenvalue weighted by atomic mass is 19.4. The van der Waals surface area contributed by atoms with E-state index in [1.165, 1.54) is 20.2 Å². The molecule has 0 saturated carbocycles. The van der Waals surface area contributed by atoms with Gasteiger partial charge in [0.05, 0.1) is 43.8 Å². The molecule has 36 heavy (non-hydrogen) atoms. The van der Waals surface area contributed by atoms with E-state index in [1.807, 2.05) is 0 Å². The molecule has 192 valence electrons. The number of benzene rings is 1. The van der Waals surface area contributed by atoms with Crippen LogP contribution in [0.5, 0.6) is 0 Å². The van der Waals surface area contributed by atoms with Crippen molar-refractivity contribution in [2.45, 2.75) is 51.1 Å². The first-order chi connectivity index (χ1) is 17.2. The molecule has 2 N–H and O–H groups in total. The molecule has 0 radical (unpaired) electrons. The number of methoxy groups -OCH3 is 1. The van der Waals surface area contributed by atoms with E-state index in [2.05, 4.69) is 15.6 Å². The molecule has 4 rings (SSSR count). The molecule has 0 bridgehead atoms. The Labute approximate surface area is 205 Å². The number of nitrogens with zero attached hydrogens (tertiary/aromatic N) is 2. The predicted octanol–water partition coefficient (Wildman–Crippen LogP) is 5.01. The smallest absolute Gasteiger partial charge is 0.391 e. The van der Waals surface area contributed by atoms with Gasteiger partial charge in [0.2, 0.25) is 0 Å². The van der Waals surface area contributed by atoms with Crippen LogP contribution in [0.4, 0.5) is 24.5 Å². The molecule has 1 aliphatic rings. The van der Waals surface area contributed by atoms with Crippen molar-refractivity contribution in [3.63, 3.8) is 0 Å². The average molecular weight is 505 g/mol. The number of fused-ring (bicyclic) bond motifs is 1. The highest BCUT2D eigenvalue weighted by Gasteiger charge is 2.31. The van der Waals surface area contributed by atoms with Gasteiger partial charge in [0, 0.05) is 23.6 Å². The van der Waals surface area contributed by atoms with E-state index >= 15 is 0 Å². The summed E-state index contributed by atoms with van der Waals surface area (Å²) in [6.07, 6.45) is -2.44. The zero-order chi connectivity index (χ0) is 25.9.